The normalized spacial score (nSPS) is 27.1. The number of aryl methyl sites for hydroxylation is 1. The number of hydrogen-bond acceptors (Lipinski definition) is 2. The SMILES string of the molecule is Cc1ccc(NC(=O)C2CCCCC2(C)N)c(F)c1. The third kappa shape index (κ3) is 3.13. The number of rotatable bonds is 2. The van der Waals surface area contributed by atoms with Gasteiger partial charge in [-0.2, -0.15) is 0 Å². The Labute approximate surface area is 113 Å². The highest BCUT2D eigenvalue weighted by Gasteiger charge is 2.37. The van der Waals surface area contributed by atoms with Crippen molar-refractivity contribution < 1.29 is 9.18 Å². The van der Waals surface area contributed by atoms with Gasteiger partial charge in [0.25, 0.3) is 0 Å². The summed E-state index contributed by atoms with van der Waals surface area (Å²) in [5.74, 6) is -0.822. The number of amides is 1. The van der Waals surface area contributed by atoms with E-state index < -0.39 is 11.4 Å². The van der Waals surface area contributed by atoms with Crippen molar-refractivity contribution in [1.29, 1.82) is 0 Å². The number of nitrogens with one attached hydrogen (secondary N) is 1. The minimum Gasteiger partial charge on any atom is -0.325 e. The molecule has 0 heterocycles. The summed E-state index contributed by atoms with van der Waals surface area (Å²) in [7, 11) is 0. The fourth-order valence-electron chi connectivity index (χ4n) is 2.73. The van der Waals surface area contributed by atoms with Gasteiger partial charge in [-0.25, -0.2) is 4.39 Å². The Kier molecular flexibility index (Phi) is 3.90. The summed E-state index contributed by atoms with van der Waals surface area (Å²) in [6.45, 7) is 3.72. The minimum absolute atomic E-state index is 0.174. The average molecular weight is 264 g/mol. The number of benzene rings is 1. The molecule has 0 spiro atoms. The fraction of sp³-hybridized carbons (Fsp3) is 0.533. The minimum atomic E-state index is -0.497. The van der Waals surface area contributed by atoms with Crippen molar-refractivity contribution in [3.63, 3.8) is 0 Å². The van der Waals surface area contributed by atoms with Gasteiger partial charge in [-0.05, 0) is 44.4 Å². The molecule has 2 atom stereocenters. The molecule has 0 saturated heterocycles. The van der Waals surface area contributed by atoms with Crippen LogP contribution in [0.4, 0.5) is 10.1 Å². The second kappa shape index (κ2) is 5.29. The molecule has 0 bridgehead atoms. The molecule has 0 aliphatic heterocycles. The van der Waals surface area contributed by atoms with Crippen molar-refractivity contribution >= 4 is 11.6 Å². The van der Waals surface area contributed by atoms with Crippen LogP contribution >= 0.6 is 0 Å². The molecule has 1 aliphatic rings. The smallest absolute Gasteiger partial charge is 0.229 e. The summed E-state index contributed by atoms with van der Waals surface area (Å²) in [4.78, 5) is 12.3. The van der Waals surface area contributed by atoms with Crippen LogP contribution in [0.25, 0.3) is 0 Å². The van der Waals surface area contributed by atoms with E-state index in [1.165, 1.54) is 6.07 Å². The lowest BCUT2D eigenvalue weighted by Crippen LogP contribution is -2.51. The molecule has 3 nitrogen and oxygen atoms in total. The first-order chi connectivity index (χ1) is 8.90. The lowest BCUT2D eigenvalue weighted by atomic mass is 9.74. The molecule has 1 aromatic carbocycles. The first-order valence-electron chi connectivity index (χ1n) is 6.76. The highest BCUT2D eigenvalue weighted by atomic mass is 19.1. The quantitative estimate of drug-likeness (QED) is 0.862. The largest absolute Gasteiger partial charge is 0.325 e. The molecule has 1 amide bonds. The molecule has 2 rings (SSSR count). The van der Waals surface area contributed by atoms with Crippen molar-refractivity contribution in [3.8, 4) is 0 Å². The Morgan fingerprint density at radius 3 is 2.84 bits per heavy atom. The van der Waals surface area contributed by atoms with E-state index in [1.807, 2.05) is 13.8 Å². The second-order valence-corrected chi connectivity index (χ2v) is 5.78. The van der Waals surface area contributed by atoms with E-state index in [4.69, 9.17) is 5.73 Å². The van der Waals surface area contributed by atoms with Crippen molar-refractivity contribution in [1.82, 2.24) is 0 Å². The first-order valence-corrected chi connectivity index (χ1v) is 6.76. The molecule has 1 fully saturated rings. The number of nitrogens with two attached hydrogens (primary N) is 1. The molecule has 3 N–H and O–H groups in total. The zero-order valence-corrected chi connectivity index (χ0v) is 11.5. The second-order valence-electron chi connectivity index (χ2n) is 5.78. The van der Waals surface area contributed by atoms with Crippen LogP contribution in [0, 0.1) is 18.7 Å². The van der Waals surface area contributed by atoms with Crippen LogP contribution < -0.4 is 11.1 Å². The van der Waals surface area contributed by atoms with Crippen LogP contribution in [0.2, 0.25) is 0 Å². The van der Waals surface area contributed by atoms with Crippen molar-refractivity contribution in [3.05, 3.63) is 29.6 Å². The molecular formula is C15H21FN2O. The summed E-state index contributed by atoms with van der Waals surface area (Å²) in [6, 6.07) is 4.79. The van der Waals surface area contributed by atoms with Gasteiger partial charge in [-0.1, -0.05) is 18.9 Å². The molecular weight excluding hydrogens is 243 g/mol. The number of carbonyl (C=O) groups excluding carboxylic acids is 1. The maximum Gasteiger partial charge on any atom is 0.229 e. The zero-order chi connectivity index (χ0) is 14.0. The van der Waals surface area contributed by atoms with Crippen LogP contribution in [0.1, 0.15) is 38.2 Å². The summed E-state index contributed by atoms with van der Waals surface area (Å²) in [5.41, 5.74) is 6.75. The number of halogens is 1. The van der Waals surface area contributed by atoms with Gasteiger partial charge < -0.3 is 11.1 Å². The summed E-state index contributed by atoms with van der Waals surface area (Å²) >= 11 is 0. The lowest BCUT2D eigenvalue weighted by Gasteiger charge is -2.37. The molecule has 19 heavy (non-hydrogen) atoms. The number of anilines is 1. The van der Waals surface area contributed by atoms with E-state index in [0.29, 0.717) is 0 Å². The predicted octanol–water partition coefficient (Wildman–Crippen LogP) is 2.98. The van der Waals surface area contributed by atoms with E-state index in [9.17, 15) is 9.18 Å². The Morgan fingerprint density at radius 1 is 1.47 bits per heavy atom. The lowest BCUT2D eigenvalue weighted by molar-refractivity contribution is -0.122. The molecule has 1 aromatic rings. The Hall–Kier alpha value is -1.42. The van der Waals surface area contributed by atoms with Crippen molar-refractivity contribution in [2.45, 2.75) is 45.1 Å². The Morgan fingerprint density at radius 2 is 2.21 bits per heavy atom. The van der Waals surface area contributed by atoms with Crippen LogP contribution in [0.15, 0.2) is 18.2 Å². The zero-order valence-electron chi connectivity index (χ0n) is 11.5. The first kappa shape index (κ1) is 14.0. The van der Waals surface area contributed by atoms with Crippen LogP contribution in [0.3, 0.4) is 0 Å². The standard InChI is InChI=1S/C15H21FN2O/c1-10-6-7-13(12(16)9-10)18-14(19)11-5-3-4-8-15(11,2)17/h6-7,9,11H,3-5,8,17H2,1-2H3,(H,18,19). The number of carbonyl (C=O) groups is 1. The van der Waals surface area contributed by atoms with Gasteiger partial charge in [0, 0.05) is 5.54 Å². The maximum atomic E-state index is 13.7. The van der Waals surface area contributed by atoms with Gasteiger partial charge >= 0.3 is 0 Å². The highest BCUT2D eigenvalue weighted by molar-refractivity contribution is 5.93. The molecule has 4 heteroatoms. The molecule has 2 unspecified atom stereocenters. The van der Waals surface area contributed by atoms with E-state index in [-0.39, 0.29) is 17.5 Å². The monoisotopic (exact) mass is 264 g/mol. The van der Waals surface area contributed by atoms with E-state index >= 15 is 0 Å². The summed E-state index contributed by atoms with van der Waals surface area (Å²) in [5, 5.41) is 2.67. The van der Waals surface area contributed by atoms with Crippen LogP contribution in [-0.2, 0) is 4.79 Å². The highest BCUT2D eigenvalue weighted by Crippen LogP contribution is 2.32. The maximum absolute atomic E-state index is 13.7. The third-order valence-corrected chi connectivity index (χ3v) is 3.95. The molecule has 1 aliphatic carbocycles. The van der Waals surface area contributed by atoms with Crippen molar-refractivity contribution in [2.75, 3.05) is 5.32 Å². The third-order valence-electron chi connectivity index (χ3n) is 3.95. The van der Waals surface area contributed by atoms with Crippen molar-refractivity contribution in [2.24, 2.45) is 11.7 Å². The Balaban J connectivity index is 2.12. The number of hydrogen-bond donors (Lipinski definition) is 2. The van der Waals surface area contributed by atoms with Gasteiger partial charge in [0.05, 0.1) is 11.6 Å². The molecule has 1 saturated carbocycles. The summed E-state index contributed by atoms with van der Waals surface area (Å²) in [6.07, 6.45) is 3.66. The summed E-state index contributed by atoms with van der Waals surface area (Å²) < 4.78 is 13.7. The van der Waals surface area contributed by atoms with Gasteiger partial charge in [-0.3, -0.25) is 4.79 Å². The molecule has 0 radical (unpaired) electrons. The topological polar surface area (TPSA) is 55.1 Å². The van der Waals surface area contributed by atoms with Gasteiger partial charge in [0.1, 0.15) is 5.82 Å². The van der Waals surface area contributed by atoms with E-state index in [1.54, 1.807) is 12.1 Å². The average Bonchev–Trinajstić information content (AvgIpc) is 2.32. The Bertz CT molecular complexity index is 485. The predicted molar refractivity (Wildman–Crippen MR) is 74.3 cm³/mol. The van der Waals surface area contributed by atoms with E-state index in [2.05, 4.69) is 5.32 Å². The molecule has 0 aromatic heterocycles. The van der Waals surface area contributed by atoms with Gasteiger partial charge in [-0.15, -0.1) is 0 Å². The van der Waals surface area contributed by atoms with Crippen LogP contribution in [-0.4, -0.2) is 11.4 Å². The molecule has 104 valence electrons. The van der Waals surface area contributed by atoms with E-state index in [0.717, 1.165) is 31.2 Å². The van der Waals surface area contributed by atoms with Gasteiger partial charge in [0.2, 0.25) is 5.91 Å². The fourth-order valence-corrected chi connectivity index (χ4v) is 2.73. The van der Waals surface area contributed by atoms with Gasteiger partial charge in [0.15, 0.2) is 0 Å². The van der Waals surface area contributed by atoms with Crippen LogP contribution in [0.5, 0.6) is 0 Å².